The van der Waals surface area contributed by atoms with Crippen LogP contribution in [-0.2, 0) is 6.42 Å². The number of fused-ring (bicyclic) bond motifs is 4. The second-order valence-electron chi connectivity index (χ2n) is 9.86. The maximum absolute atomic E-state index is 14.2. The van der Waals surface area contributed by atoms with Crippen molar-refractivity contribution in [2.24, 2.45) is 4.99 Å². The molecule has 0 N–H and O–H groups in total. The maximum atomic E-state index is 14.2. The van der Waals surface area contributed by atoms with Crippen LogP contribution in [0.25, 0.3) is 22.5 Å². The van der Waals surface area contributed by atoms with Crippen molar-refractivity contribution in [3.05, 3.63) is 138 Å². The van der Waals surface area contributed by atoms with Crippen LogP contribution < -0.4 is 19.6 Å². The van der Waals surface area contributed by atoms with E-state index in [1.54, 1.807) is 16.7 Å². The zero-order chi connectivity index (χ0) is 27.2. The second-order valence-corrected chi connectivity index (χ2v) is 10.9. The van der Waals surface area contributed by atoms with Gasteiger partial charge in [0.25, 0.3) is 5.56 Å². The Labute approximate surface area is 234 Å². The zero-order valence-electron chi connectivity index (χ0n) is 21.4. The molecule has 1 aliphatic heterocycles. The third-order valence-corrected chi connectivity index (χ3v) is 8.56. The van der Waals surface area contributed by atoms with E-state index in [9.17, 15) is 9.18 Å². The molecule has 5 aromatic rings. The van der Waals surface area contributed by atoms with Crippen molar-refractivity contribution < 1.29 is 9.13 Å². The number of nitrogens with zero attached hydrogens (tertiary/aromatic N) is 2. The largest absolute Gasteiger partial charge is 0.480 e. The molecule has 4 aromatic carbocycles. The highest BCUT2D eigenvalue weighted by Gasteiger charge is 2.32. The summed E-state index contributed by atoms with van der Waals surface area (Å²) in [5, 5.41) is 2.00. The molecule has 7 rings (SSSR count). The molecule has 0 bridgehead atoms. The Hall–Kier alpha value is -4.73. The second kappa shape index (κ2) is 9.78. The first-order valence-electron chi connectivity index (χ1n) is 13.1. The predicted octanol–water partition coefficient (Wildman–Crippen LogP) is 5.62. The number of benzene rings is 4. The molecule has 2 aliphatic rings. The average Bonchev–Trinajstić information content (AvgIpc) is 3.30. The van der Waals surface area contributed by atoms with E-state index in [0.717, 1.165) is 51.6 Å². The molecule has 1 aromatic heterocycles. The lowest BCUT2D eigenvalue weighted by atomic mass is 9.83. The lowest BCUT2D eigenvalue weighted by molar-refractivity contribution is 0.370. The Kier molecular flexibility index (Phi) is 5.95. The highest BCUT2D eigenvalue weighted by Crippen LogP contribution is 2.41. The number of allylic oxidation sites excluding steroid dienone is 1. The average molecular weight is 543 g/mol. The zero-order valence-corrected chi connectivity index (χ0v) is 22.2. The van der Waals surface area contributed by atoms with Gasteiger partial charge in [-0.2, -0.15) is 0 Å². The van der Waals surface area contributed by atoms with E-state index in [0.29, 0.717) is 15.1 Å². The lowest BCUT2D eigenvalue weighted by Crippen LogP contribution is -2.38. The van der Waals surface area contributed by atoms with Crippen LogP contribution in [0, 0.1) is 18.2 Å². The third kappa shape index (κ3) is 3.98. The van der Waals surface area contributed by atoms with Gasteiger partial charge in [-0.25, -0.2) is 9.38 Å². The Morgan fingerprint density at radius 2 is 1.82 bits per heavy atom. The van der Waals surface area contributed by atoms with Gasteiger partial charge in [0.15, 0.2) is 4.80 Å². The minimum atomic E-state index is -0.368. The van der Waals surface area contributed by atoms with Crippen molar-refractivity contribution in [2.45, 2.75) is 18.9 Å². The normalized spacial score (nSPS) is 16.1. The van der Waals surface area contributed by atoms with Gasteiger partial charge in [0.05, 0.1) is 16.3 Å². The Morgan fingerprint density at radius 1 is 1.02 bits per heavy atom. The quantitative estimate of drug-likeness (QED) is 0.277. The highest BCUT2D eigenvalue weighted by atomic mass is 32.1. The molecule has 40 heavy (non-hydrogen) atoms. The molecule has 194 valence electrons. The monoisotopic (exact) mass is 542 g/mol. The molecule has 0 unspecified atom stereocenters. The summed E-state index contributed by atoms with van der Waals surface area (Å²) in [6.45, 7) is 0.122. The minimum absolute atomic E-state index is 0.122. The number of hydrogen-bond acceptors (Lipinski definition) is 4. The number of aryl methyl sites for hydroxylation is 1. The summed E-state index contributed by atoms with van der Waals surface area (Å²) >= 11 is 1.35. The number of aromatic nitrogens is 1. The number of halogens is 1. The molecule has 1 atom stereocenters. The van der Waals surface area contributed by atoms with Gasteiger partial charge in [-0.1, -0.05) is 84.0 Å². The van der Waals surface area contributed by atoms with Gasteiger partial charge in [0.1, 0.15) is 18.2 Å². The van der Waals surface area contributed by atoms with Crippen LogP contribution in [0.3, 0.4) is 0 Å². The van der Waals surface area contributed by atoms with Crippen molar-refractivity contribution in [3.8, 4) is 18.1 Å². The van der Waals surface area contributed by atoms with E-state index in [2.05, 4.69) is 18.1 Å². The summed E-state index contributed by atoms with van der Waals surface area (Å²) in [6, 6.07) is 26.2. The maximum Gasteiger partial charge on any atom is 0.271 e. The van der Waals surface area contributed by atoms with Gasteiger partial charge in [-0.3, -0.25) is 9.36 Å². The number of ether oxygens (including phenoxy) is 1. The van der Waals surface area contributed by atoms with Crippen LogP contribution in [0.2, 0.25) is 0 Å². The molecule has 2 heterocycles. The number of thiazole rings is 1. The van der Waals surface area contributed by atoms with Crippen LogP contribution in [0.4, 0.5) is 4.39 Å². The van der Waals surface area contributed by atoms with E-state index in [1.807, 2.05) is 54.6 Å². The number of hydrogen-bond donors (Lipinski definition) is 0. The smallest absolute Gasteiger partial charge is 0.271 e. The molecular formula is C34H23FN2O2S. The van der Waals surface area contributed by atoms with Gasteiger partial charge in [-0.05, 0) is 64.6 Å². The summed E-state index contributed by atoms with van der Waals surface area (Å²) in [6.07, 6.45) is 8.99. The Bertz CT molecular complexity index is 2060. The standard InChI is InChI=1S/C34H23FN2O2S/c1-2-19-39-29-18-14-21-7-3-5-9-25(21)28(29)20-30-33(38)37-32(23-11-15-24(35)16-12-23)27-17-13-22-8-4-6-10-26(22)31(27)36-34(37)40-30/h1,3-12,14-16,18,20,32H,13,17,19H2/t32-/m1/s1. The Morgan fingerprint density at radius 3 is 2.67 bits per heavy atom. The molecule has 0 amide bonds. The summed E-state index contributed by atoms with van der Waals surface area (Å²) in [7, 11) is 0. The fourth-order valence-corrected chi connectivity index (χ4v) is 6.75. The van der Waals surface area contributed by atoms with E-state index in [4.69, 9.17) is 16.2 Å². The fraction of sp³-hybridized carbons (Fsp3) is 0.118. The molecular weight excluding hydrogens is 519 g/mol. The first-order valence-corrected chi connectivity index (χ1v) is 13.9. The summed E-state index contributed by atoms with van der Waals surface area (Å²) in [5.41, 5.74) is 5.84. The Balaban J connectivity index is 1.50. The van der Waals surface area contributed by atoms with E-state index >= 15 is 0 Å². The minimum Gasteiger partial charge on any atom is -0.480 e. The van der Waals surface area contributed by atoms with Crippen LogP contribution in [0.1, 0.15) is 34.7 Å². The lowest BCUT2D eigenvalue weighted by Gasteiger charge is -2.30. The van der Waals surface area contributed by atoms with Crippen LogP contribution in [-0.4, -0.2) is 11.2 Å². The van der Waals surface area contributed by atoms with Crippen LogP contribution in [0.5, 0.6) is 5.75 Å². The van der Waals surface area contributed by atoms with E-state index < -0.39 is 0 Å². The first kappa shape index (κ1) is 24.3. The molecule has 0 saturated carbocycles. The molecule has 0 radical (unpaired) electrons. The van der Waals surface area contributed by atoms with Gasteiger partial charge in [0, 0.05) is 11.1 Å². The fourth-order valence-electron chi connectivity index (χ4n) is 5.77. The topological polar surface area (TPSA) is 43.6 Å². The van der Waals surface area contributed by atoms with Gasteiger partial charge in [-0.15, -0.1) is 6.42 Å². The van der Waals surface area contributed by atoms with E-state index in [-0.39, 0.29) is 24.0 Å². The molecule has 4 nitrogen and oxygen atoms in total. The third-order valence-electron chi connectivity index (χ3n) is 7.58. The summed E-state index contributed by atoms with van der Waals surface area (Å²) in [5.74, 6) is 2.83. The van der Waals surface area contributed by atoms with Crippen LogP contribution in [0.15, 0.2) is 100 Å². The van der Waals surface area contributed by atoms with Gasteiger partial charge < -0.3 is 4.74 Å². The number of terminal acetylenes is 1. The molecule has 0 spiro atoms. The molecule has 0 saturated heterocycles. The molecule has 6 heteroatoms. The van der Waals surface area contributed by atoms with E-state index in [1.165, 1.54) is 29.0 Å². The first-order chi connectivity index (χ1) is 19.6. The van der Waals surface area contributed by atoms with Crippen molar-refractivity contribution >= 4 is 33.9 Å². The molecule has 0 fully saturated rings. The molecule has 1 aliphatic carbocycles. The van der Waals surface area contributed by atoms with Gasteiger partial charge >= 0.3 is 0 Å². The van der Waals surface area contributed by atoms with Crippen molar-refractivity contribution in [3.63, 3.8) is 0 Å². The van der Waals surface area contributed by atoms with Crippen molar-refractivity contribution in [1.82, 2.24) is 4.57 Å². The SMILES string of the molecule is C#CCOc1ccc2ccccc2c1C=c1sc2n(c1=O)[C@H](c1ccc(F)cc1)C1=C(N=2)c2ccccc2CC1. The van der Waals surface area contributed by atoms with Crippen molar-refractivity contribution in [1.29, 1.82) is 0 Å². The number of rotatable bonds is 4. The summed E-state index contributed by atoms with van der Waals surface area (Å²) < 4.78 is 22.1. The predicted molar refractivity (Wildman–Crippen MR) is 157 cm³/mol. The highest BCUT2D eigenvalue weighted by molar-refractivity contribution is 7.07. The van der Waals surface area contributed by atoms with Gasteiger partial charge in [0.2, 0.25) is 0 Å². The van der Waals surface area contributed by atoms with Crippen LogP contribution >= 0.6 is 11.3 Å². The summed E-state index contributed by atoms with van der Waals surface area (Å²) in [4.78, 5) is 19.8. The van der Waals surface area contributed by atoms with Crippen molar-refractivity contribution in [2.75, 3.05) is 6.61 Å².